The number of amides is 2. The summed E-state index contributed by atoms with van der Waals surface area (Å²) in [5, 5.41) is 19.9. The molecule has 2 unspecified atom stereocenters. The molecule has 2 N–H and O–H groups in total. The van der Waals surface area contributed by atoms with E-state index in [1.54, 1.807) is 12.2 Å². The second kappa shape index (κ2) is 20.0. The Morgan fingerprint density at radius 1 is 0.673 bits per heavy atom. The normalized spacial score (nSPS) is 17.7. The fraction of sp³-hybridized carbons (Fsp3) is 0.318. The third-order valence-corrected chi connectivity index (χ3v) is 13.8. The molecule has 2 aliphatic rings. The lowest BCUT2D eigenvalue weighted by Gasteiger charge is -2.31. The fourth-order valence-corrected chi connectivity index (χ4v) is 10.1. The van der Waals surface area contributed by atoms with Crippen LogP contribution in [-0.4, -0.2) is 71.2 Å². The van der Waals surface area contributed by atoms with Gasteiger partial charge in [-0.1, -0.05) is 115 Å². The highest BCUT2D eigenvalue weighted by Crippen LogP contribution is 2.48. The standard InChI is InChI=1S/C44H44Br2Cl2N2O4S/c45-35-11-3-1-9-33(35)41-31(15-19-39(53)49-23-5-7-29(27-49)21-25-51)13-17-37(43(41)47)55-38-18-14-32(42(44(38)48)34-10-2-4-12-36(34)46)16-20-40(54)50-24-6-8-30(28-50)22-26-52/h1-4,9-20,29-30,51-52H,5-8,21-28H2/b19-15+,20-16+. The van der Waals surface area contributed by atoms with Crippen molar-refractivity contribution in [1.29, 1.82) is 0 Å². The van der Waals surface area contributed by atoms with E-state index in [1.165, 1.54) is 11.8 Å². The quantitative estimate of drug-likeness (QED) is 0.138. The van der Waals surface area contributed by atoms with Crippen molar-refractivity contribution in [1.82, 2.24) is 9.80 Å². The molecule has 2 saturated heterocycles. The molecule has 0 saturated carbocycles. The topological polar surface area (TPSA) is 81.1 Å². The first-order chi connectivity index (χ1) is 26.7. The molecular weight excluding hydrogens is 883 g/mol. The molecule has 2 atom stereocenters. The highest BCUT2D eigenvalue weighted by atomic mass is 79.9. The van der Waals surface area contributed by atoms with Crippen LogP contribution in [0.4, 0.5) is 0 Å². The maximum absolute atomic E-state index is 13.3. The number of benzene rings is 4. The highest BCUT2D eigenvalue weighted by Gasteiger charge is 2.25. The molecule has 2 fully saturated rings. The second-order valence-electron chi connectivity index (χ2n) is 14.0. The Morgan fingerprint density at radius 2 is 1.09 bits per heavy atom. The Labute approximate surface area is 354 Å². The molecule has 0 aromatic heterocycles. The molecule has 4 aromatic carbocycles. The lowest BCUT2D eigenvalue weighted by molar-refractivity contribution is -0.128. The zero-order valence-corrected chi connectivity index (χ0v) is 35.9. The van der Waals surface area contributed by atoms with Crippen molar-refractivity contribution in [3.63, 3.8) is 0 Å². The Hall–Kier alpha value is -2.89. The maximum atomic E-state index is 13.3. The number of rotatable bonds is 12. The van der Waals surface area contributed by atoms with Gasteiger partial charge in [-0.3, -0.25) is 9.59 Å². The minimum atomic E-state index is -0.0562. The monoisotopic (exact) mass is 924 g/mol. The van der Waals surface area contributed by atoms with Crippen LogP contribution in [0.1, 0.15) is 49.7 Å². The fourth-order valence-electron chi connectivity index (χ4n) is 7.47. The number of nitrogens with zero attached hydrogens (tertiary/aromatic N) is 2. The molecule has 6 nitrogen and oxygen atoms in total. The van der Waals surface area contributed by atoms with E-state index in [2.05, 4.69) is 31.9 Å². The summed E-state index contributed by atoms with van der Waals surface area (Å²) in [6.45, 7) is 2.96. The smallest absolute Gasteiger partial charge is 0.246 e. The Kier molecular flexibility index (Phi) is 15.2. The predicted molar refractivity (Wildman–Crippen MR) is 233 cm³/mol. The molecule has 2 aliphatic heterocycles. The molecule has 2 amide bonds. The van der Waals surface area contributed by atoms with Gasteiger partial charge in [-0.05, 0) is 109 Å². The van der Waals surface area contributed by atoms with Crippen molar-refractivity contribution in [2.75, 3.05) is 39.4 Å². The van der Waals surface area contributed by atoms with E-state index >= 15 is 0 Å². The number of piperidine rings is 2. The minimum absolute atomic E-state index is 0.0562. The van der Waals surface area contributed by atoms with Crippen molar-refractivity contribution < 1.29 is 19.8 Å². The summed E-state index contributed by atoms with van der Waals surface area (Å²) >= 11 is 23.6. The molecule has 288 valence electrons. The Bertz CT molecular complexity index is 1930. The van der Waals surface area contributed by atoms with Gasteiger partial charge < -0.3 is 20.0 Å². The summed E-state index contributed by atoms with van der Waals surface area (Å²) in [7, 11) is 0. The molecule has 55 heavy (non-hydrogen) atoms. The third-order valence-electron chi connectivity index (χ3n) is 10.3. The van der Waals surface area contributed by atoms with Crippen LogP contribution in [-0.2, 0) is 9.59 Å². The van der Waals surface area contributed by atoms with Crippen molar-refractivity contribution in [3.8, 4) is 22.3 Å². The van der Waals surface area contributed by atoms with Gasteiger partial charge in [-0.15, -0.1) is 0 Å². The van der Waals surface area contributed by atoms with Crippen LogP contribution in [0.2, 0.25) is 10.0 Å². The summed E-state index contributed by atoms with van der Waals surface area (Å²) in [4.78, 5) is 32.0. The van der Waals surface area contributed by atoms with Crippen LogP contribution in [0.3, 0.4) is 0 Å². The van der Waals surface area contributed by atoms with Gasteiger partial charge in [0.25, 0.3) is 0 Å². The first kappa shape index (κ1) is 41.7. The number of hydrogen-bond acceptors (Lipinski definition) is 5. The predicted octanol–water partition coefficient (Wildman–Crippen LogP) is 11.3. The number of aliphatic hydroxyl groups excluding tert-OH is 2. The molecule has 6 rings (SSSR count). The molecule has 0 spiro atoms. The van der Waals surface area contributed by atoms with Crippen LogP contribution in [0.15, 0.2) is 104 Å². The van der Waals surface area contributed by atoms with E-state index in [0.717, 1.165) is 77.8 Å². The molecule has 4 aromatic rings. The lowest BCUT2D eigenvalue weighted by Crippen LogP contribution is -2.39. The average molecular weight is 928 g/mol. The van der Waals surface area contributed by atoms with Crippen LogP contribution in [0, 0.1) is 11.8 Å². The van der Waals surface area contributed by atoms with Crippen LogP contribution >= 0.6 is 66.8 Å². The molecule has 0 bridgehead atoms. The minimum Gasteiger partial charge on any atom is -0.396 e. The number of carbonyl (C=O) groups is 2. The third kappa shape index (κ3) is 10.4. The van der Waals surface area contributed by atoms with Gasteiger partial charge in [-0.25, -0.2) is 0 Å². The van der Waals surface area contributed by atoms with Crippen LogP contribution < -0.4 is 0 Å². The maximum Gasteiger partial charge on any atom is 0.246 e. The van der Waals surface area contributed by atoms with Gasteiger partial charge >= 0.3 is 0 Å². The van der Waals surface area contributed by atoms with Gasteiger partial charge in [0.1, 0.15) is 0 Å². The summed E-state index contributed by atoms with van der Waals surface area (Å²) in [6, 6.07) is 23.6. The number of hydrogen-bond donors (Lipinski definition) is 2. The van der Waals surface area contributed by atoms with Crippen molar-refractivity contribution >= 4 is 90.8 Å². The summed E-state index contributed by atoms with van der Waals surface area (Å²) < 4.78 is 1.74. The van der Waals surface area contributed by atoms with Crippen LogP contribution in [0.5, 0.6) is 0 Å². The number of carbonyl (C=O) groups excluding carboxylic acids is 2. The summed E-state index contributed by atoms with van der Waals surface area (Å²) in [5.74, 6) is 0.510. The van der Waals surface area contributed by atoms with E-state index in [9.17, 15) is 19.8 Å². The Balaban J connectivity index is 1.33. The molecular formula is C44H44Br2Cl2N2O4S. The average Bonchev–Trinajstić information content (AvgIpc) is 3.19. The number of likely N-dealkylation sites (tertiary alicyclic amines) is 2. The van der Waals surface area contributed by atoms with Crippen molar-refractivity contribution in [2.24, 2.45) is 11.8 Å². The van der Waals surface area contributed by atoms with Gasteiger partial charge in [-0.2, -0.15) is 0 Å². The van der Waals surface area contributed by atoms with E-state index < -0.39 is 0 Å². The number of aliphatic hydroxyl groups is 2. The first-order valence-corrected chi connectivity index (χ1v) is 21.8. The highest BCUT2D eigenvalue weighted by molar-refractivity contribution is 9.11. The van der Waals surface area contributed by atoms with E-state index in [4.69, 9.17) is 23.2 Å². The van der Waals surface area contributed by atoms with Crippen molar-refractivity contribution in [3.05, 3.63) is 115 Å². The van der Waals surface area contributed by atoms with E-state index in [-0.39, 0.29) is 25.0 Å². The van der Waals surface area contributed by atoms with Crippen LogP contribution in [0.25, 0.3) is 34.4 Å². The van der Waals surface area contributed by atoms with Gasteiger partial charge in [0.15, 0.2) is 0 Å². The van der Waals surface area contributed by atoms with Gasteiger partial charge in [0.2, 0.25) is 11.8 Å². The first-order valence-electron chi connectivity index (χ1n) is 18.7. The zero-order valence-electron chi connectivity index (χ0n) is 30.4. The van der Waals surface area contributed by atoms with Crippen molar-refractivity contribution in [2.45, 2.75) is 48.3 Å². The molecule has 0 aliphatic carbocycles. The molecule has 0 radical (unpaired) electrons. The summed E-state index contributed by atoms with van der Waals surface area (Å²) in [6.07, 6.45) is 12.2. The zero-order chi connectivity index (χ0) is 38.9. The lowest BCUT2D eigenvalue weighted by atomic mass is 9.95. The van der Waals surface area contributed by atoms with E-state index in [0.29, 0.717) is 60.9 Å². The largest absolute Gasteiger partial charge is 0.396 e. The van der Waals surface area contributed by atoms with Gasteiger partial charge in [0, 0.05) is 81.4 Å². The molecule has 11 heteroatoms. The second-order valence-corrected chi connectivity index (χ2v) is 17.6. The molecule has 2 heterocycles. The van der Waals surface area contributed by atoms with Gasteiger partial charge in [0.05, 0.1) is 10.0 Å². The van der Waals surface area contributed by atoms with E-state index in [1.807, 2.05) is 94.7 Å². The SMILES string of the molecule is O=C(/C=C/c1ccc(Sc2ccc(/C=C/C(=O)N3CCCC(CCO)C3)c(-c3ccccc3Br)c2Cl)c(Cl)c1-c1ccccc1Br)N1CCCC(CCO)C1. The number of halogens is 4. The Morgan fingerprint density at radius 3 is 1.49 bits per heavy atom. The summed E-state index contributed by atoms with van der Waals surface area (Å²) in [5.41, 5.74) is 4.98.